The van der Waals surface area contributed by atoms with Crippen LogP contribution < -0.4 is 0 Å². The first-order valence-corrected chi connectivity index (χ1v) is 9.12. The molecule has 0 aromatic heterocycles. The highest BCUT2D eigenvalue weighted by atomic mass is 32.2. The van der Waals surface area contributed by atoms with E-state index in [0.717, 1.165) is 31.2 Å². The Balaban J connectivity index is 2.21. The van der Waals surface area contributed by atoms with Crippen molar-refractivity contribution in [1.82, 2.24) is 0 Å². The molecule has 1 N–H and O–H groups in total. The van der Waals surface area contributed by atoms with Crippen molar-refractivity contribution < 1.29 is 18.3 Å². The fourth-order valence-electron chi connectivity index (χ4n) is 2.97. The van der Waals surface area contributed by atoms with E-state index in [1.54, 1.807) is 24.3 Å². The number of carboxylic acid groups (broad SMARTS) is 1. The van der Waals surface area contributed by atoms with Crippen molar-refractivity contribution in [3.63, 3.8) is 0 Å². The lowest BCUT2D eigenvalue weighted by molar-refractivity contribution is -0.136. The largest absolute Gasteiger partial charge is 0.480 e. The summed E-state index contributed by atoms with van der Waals surface area (Å²) in [4.78, 5) is 11.5. The SMILES string of the molecule is O=C(O)C(Cc1ccccc1)S(=O)(=O)C1CCCCCC1. The maximum Gasteiger partial charge on any atom is 0.322 e. The molecule has 0 bridgehead atoms. The third kappa shape index (κ3) is 4.06. The number of aliphatic carboxylic acids is 1. The van der Waals surface area contributed by atoms with Gasteiger partial charge >= 0.3 is 5.97 Å². The number of rotatable bonds is 5. The Morgan fingerprint density at radius 2 is 1.67 bits per heavy atom. The van der Waals surface area contributed by atoms with Crippen LogP contribution in [-0.4, -0.2) is 30.0 Å². The topological polar surface area (TPSA) is 71.4 Å². The van der Waals surface area contributed by atoms with Gasteiger partial charge in [-0.3, -0.25) is 4.79 Å². The Bertz CT molecular complexity index is 557. The van der Waals surface area contributed by atoms with Gasteiger partial charge in [0.1, 0.15) is 0 Å². The van der Waals surface area contributed by atoms with Crippen LogP contribution in [0.2, 0.25) is 0 Å². The molecular formula is C16H22O4S. The summed E-state index contributed by atoms with van der Waals surface area (Å²) in [6.45, 7) is 0. The molecule has 2 rings (SSSR count). The van der Waals surface area contributed by atoms with Crippen molar-refractivity contribution in [2.45, 2.75) is 55.4 Å². The lowest BCUT2D eigenvalue weighted by atomic mass is 10.1. The highest BCUT2D eigenvalue weighted by Gasteiger charge is 2.38. The minimum absolute atomic E-state index is 0.0506. The van der Waals surface area contributed by atoms with Gasteiger partial charge in [-0.15, -0.1) is 0 Å². The molecule has 1 fully saturated rings. The van der Waals surface area contributed by atoms with Crippen molar-refractivity contribution in [1.29, 1.82) is 0 Å². The molecular weight excluding hydrogens is 288 g/mol. The molecule has 0 saturated heterocycles. The van der Waals surface area contributed by atoms with Crippen LogP contribution in [0.4, 0.5) is 0 Å². The van der Waals surface area contributed by atoms with Gasteiger partial charge < -0.3 is 5.11 Å². The zero-order chi connectivity index (χ0) is 15.3. The molecule has 1 aliphatic carbocycles. The number of sulfone groups is 1. The maximum atomic E-state index is 12.7. The van der Waals surface area contributed by atoms with Gasteiger partial charge in [0.15, 0.2) is 15.1 Å². The van der Waals surface area contributed by atoms with Crippen LogP contribution in [0, 0.1) is 0 Å². The standard InChI is InChI=1S/C16H22O4S/c17-16(18)15(12-13-8-4-3-5-9-13)21(19,20)14-10-6-1-2-7-11-14/h3-5,8-9,14-15H,1-2,6-7,10-12H2,(H,17,18). The molecule has 116 valence electrons. The second-order valence-corrected chi connectivity index (χ2v) is 8.13. The van der Waals surface area contributed by atoms with Gasteiger partial charge in [-0.05, 0) is 24.8 Å². The summed E-state index contributed by atoms with van der Waals surface area (Å²) in [7, 11) is -3.64. The number of carbonyl (C=O) groups is 1. The Hall–Kier alpha value is -1.36. The van der Waals surface area contributed by atoms with Crippen molar-refractivity contribution >= 4 is 15.8 Å². The smallest absolute Gasteiger partial charge is 0.322 e. The Morgan fingerprint density at radius 1 is 1.10 bits per heavy atom. The minimum Gasteiger partial charge on any atom is -0.480 e. The van der Waals surface area contributed by atoms with Gasteiger partial charge in [-0.1, -0.05) is 56.0 Å². The molecule has 0 spiro atoms. The van der Waals surface area contributed by atoms with Crippen LogP contribution in [0.3, 0.4) is 0 Å². The van der Waals surface area contributed by atoms with E-state index in [1.165, 1.54) is 0 Å². The Labute approximate surface area is 126 Å². The minimum atomic E-state index is -3.64. The lowest BCUT2D eigenvalue weighted by Crippen LogP contribution is -2.39. The molecule has 1 atom stereocenters. The van der Waals surface area contributed by atoms with Crippen LogP contribution in [-0.2, 0) is 21.1 Å². The van der Waals surface area contributed by atoms with Crippen LogP contribution >= 0.6 is 0 Å². The Morgan fingerprint density at radius 3 is 2.19 bits per heavy atom. The van der Waals surface area contributed by atoms with Crippen LogP contribution in [0.15, 0.2) is 30.3 Å². The third-order valence-corrected chi connectivity index (χ3v) is 6.76. The number of hydrogen-bond donors (Lipinski definition) is 1. The van der Waals surface area contributed by atoms with E-state index in [4.69, 9.17) is 0 Å². The van der Waals surface area contributed by atoms with Crippen LogP contribution in [0.25, 0.3) is 0 Å². The van der Waals surface area contributed by atoms with Crippen molar-refractivity contribution in [2.75, 3.05) is 0 Å². The molecule has 21 heavy (non-hydrogen) atoms. The monoisotopic (exact) mass is 310 g/mol. The van der Waals surface area contributed by atoms with Gasteiger partial charge in [-0.25, -0.2) is 8.42 Å². The molecule has 4 nitrogen and oxygen atoms in total. The molecule has 0 heterocycles. The van der Waals surface area contributed by atoms with Gasteiger partial charge in [0.25, 0.3) is 0 Å². The zero-order valence-corrected chi connectivity index (χ0v) is 12.9. The average molecular weight is 310 g/mol. The normalized spacial score (nSPS) is 18.9. The van der Waals surface area contributed by atoms with Gasteiger partial charge in [0.2, 0.25) is 0 Å². The number of hydrogen-bond acceptors (Lipinski definition) is 3. The van der Waals surface area contributed by atoms with Gasteiger partial charge in [-0.2, -0.15) is 0 Å². The first-order chi connectivity index (χ1) is 10.0. The summed E-state index contributed by atoms with van der Waals surface area (Å²) in [6, 6.07) is 8.98. The van der Waals surface area contributed by atoms with Gasteiger partial charge in [0.05, 0.1) is 5.25 Å². The molecule has 5 heteroatoms. The highest BCUT2D eigenvalue weighted by Crippen LogP contribution is 2.27. The predicted octanol–water partition coefficient (Wildman–Crippen LogP) is 2.82. The summed E-state index contributed by atoms with van der Waals surface area (Å²) < 4.78 is 25.4. The van der Waals surface area contributed by atoms with E-state index in [2.05, 4.69) is 0 Å². The van der Waals surface area contributed by atoms with Crippen molar-refractivity contribution in [3.8, 4) is 0 Å². The van der Waals surface area contributed by atoms with E-state index in [-0.39, 0.29) is 6.42 Å². The average Bonchev–Trinajstić information content (AvgIpc) is 2.75. The highest BCUT2D eigenvalue weighted by molar-refractivity contribution is 7.93. The summed E-state index contributed by atoms with van der Waals surface area (Å²) in [5.74, 6) is -1.23. The summed E-state index contributed by atoms with van der Waals surface area (Å²) in [5, 5.41) is 7.57. The molecule has 1 aromatic rings. The molecule has 1 unspecified atom stereocenters. The second kappa shape index (κ2) is 7.07. The Kier molecular flexibility index (Phi) is 5.39. The molecule has 1 aromatic carbocycles. The van der Waals surface area contributed by atoms with Crippen molar-refractivity contribution in [3.05, 3.63) is 35.9 Å². The van der Waals surface area contributed by atoms with E-state index in [0.29, 0.717) is 12.8 Å². The predicted molar refractivity (Wildman–Crippen MR) is 82.0 cm³/mol. The molecule has 1 saturated carbocycles. The molecule has 0 aliphatic heterocycles. The number of carboxylic acids is 1. The number of benzene rings is 1. The van der Waals surface area contributed by atoms with E-state index < -0.39 is 26.3 Å². The molecule has 0 radical (unpaired) electrons. The summed E-state index contributed by atoms with van der Waals surface area (Å²) in [5.41, 5.74) is 0.752. The fourth-order valence-corrected chi connectivity index (χ4v) is 5.14. The quantitative estimate of drug-likeness (QED) is 0.849. The van der Waals surface area contributed by atoms with Crippen LogP contribution in [0.1, 0.15) is 44.1 Å². The first kappa shape index (κ1) is 16.0. The lowest BCUT2D eigenvalue weighted by Gasteiger charge is -2.21. The molecule has 0 amide bonds. The summed E-state index contributed by atoms with van der Waals surface area (Å²) >= 11 is 0. The zero-order valence-electron chi connectivity index (χ0n) is 12.1. The van der Waals surface area contributed by atoms with Crippen LogP contribution in [0.5, 0.6) is 0 Å². The van der Waals surface area contributed by atoms with E-state index in [1.807, 2.05) is 6.07 Å². The van der Waals surface area contributed by atoms with E-state index in [9.17, 15) is 18.3 Å². The first-order valence-electron chi connectivity index (χ1n) is 7.51. The third-order valence-electron chi connectivity index (χ3n) is 4.20. The van der Waals surface area contributed by atoms with E-state index >= 15 is 0 Å². The maximum absolute atomic E-state index is 12.7. The molecule has 1 aliphatic rings. The van der Waals surface area contributed by atoms with Gasteiger partial charge in [0, 0.05) is 0 Å². The summed E-state index contributed by atoms with van der Waals surface area (Å²) in [6.07, 6.45) is 5.09. The second-order valence-electron chi connectivity index (χ2n) is 5.72. The van der Waals surface area contributed by atoms with Crippen molar-refractivity contribution in [2.24, 2.45) is 0 Å². The fraction of sp³-hybridized carbons (Fsp3) is 0.562.